The normalized spacial score (nSPS) is 12.6. The van der Waals surface area contributed by atoms with E-state index in [0.29, 0.717) is 11.1 Å². The maximum absolute atomic E-state index is 11.6. The van der Waals surface area contributed by atoms with Crippen LogP contribution in [0.5, 0.6) is 0 Å². The van der Waals surface area contributed by atoms with Crippen LogP contribution >= 0.6 is 0 Å². The fourth-order valence-corrected chi connectivity index (χ4v) is 1.70. The second kappa shape index (κ2) is 7.08. The van der Waals surface area contributed by atoms with Crippen molar-refractivity contribution in [3.63, 3.8) is 0 Å². The van der Waals surface area contributed by atoms with E-state index in [-0.39, 0.29) is 13.2 Å². The lowest BCUT2D eigenvalue weighted by atomic mass is 9.98. The molecule has 0 radical (unpaired) electrons. The van der Waals surface area contributed by atoms with Gasteiger partial charge in [-0.15, -0.1) is 0 Å². The average Bonchev–Trinajstić information content (AvgIpc) is 2.37. The first-order valence-electron chi connectivity index (χ1n) is 6.62. The van der Waals surface area contributed by atoms with Crippen molar-refractivity contribution in [2.75, 3.05) is 6.54 Å². The zero-order valence-corrected chi connectivity index (χ0v) is 12.4. The zero-order valence-electron chi connectivity index (χ0n) is 12.4. The van der Waals surface area contributed by atoms with Crippen LogP contribution in [-0.2, 0) is 16.1 Å². The van der Waals surface area contributed by atoms with E-state index in [1.807, 2.05) is 0 Å². The highest BCUT2D eigenvalue weighted by Crippen LogP contribution is 2.17. The number of nitrogens with one attached hydrogen (secondary N) is 1. The number of rotatable bonds is 5. The Morgan fingerprint density at radius 2 is 1.81 bits per heavy atom. The number of carboxylic acids is 1. The molecule has 1 amide bonds. The van der Waals surface area contributed by atoms with Crippen molar-refractivity contribution in [1.82, 2.24) is 5.32 Å². The first-order chi connectivity index (χ1) is 9.73. The summed E-state index contributed by atoms with van der Waals surface area (Å²) in [6.45, 7) is 5.02. The molecule has 21 heavy (non-hydrogen) atoms. The number of aliphatic hydroxyl groups is 1. The number of aliphatic hydroxyl groups excluding tert-OH is 1. The van der Waals surface area contributed by atoms with Gasteiger partial charge in [0.2, 0.25) is 0 Å². The van der Waals surface area contributed by atoms with E-state index in [1.54, 1.807) is 45.0 Å². The van der Waals surface area contributed by atoms with Crippen LogP contribution < -0.4 is 5.32 Å². The molecule has 116 valence electrons. The maximum Gasteiger partial charge on any atom is 0.407 e. The van der Waals surface area contributed by atoms with Gasteiger partial charge >= 0.3 is 12.1 Å². The number of aliphatic carboxylic acids is 1. The van der Waals surface area contributed by atoms with Crippen LogP contribution in [0.15, 0.2) is 24.3 Å². The Kier molecular flexibility index (Phi) is 5.72. The minimum absolute atomic E-state index is 0.0667. The molecule has 0 aliphatic carbocycles. The topological polar surface area (TPSA) is 95.9 Å². The summed E-state index contributed by atoms with van der Waals surface area (Å²) in [6.07, 6.45) is -0.652. The molecular weight excluding hydrogens is 274 g/mol. The highest BCUT2D eigenvalue weighted by Gasteiger charge is 2.22. The lowest BCUT2D eigenvalue weighted by Crippen LogP contribution is -2.36. The summed E-state index contributed by atoms with van der Waals surface area (Å²) < 4.78 is 5.06. The Balaban J connectivity index is 2.70. The molecule has 0 spiro atoms. The molecule has 1 atom stereocenters. The van der Waals surface area contributed by atoms with Crippen LogP contribution in [0.2, 0.25) is 0 Å². The van der Waals surface area contributed by atoms with E-state index >= 15 is 0 Å². The van der Waals surface area contributed by atoms with Crippen LogP contribution in [0.3, 0.4) is 0 Å². The minimum Gasteiger partial charge on any atom is -0.481 e. The Morgan fingerprint density at radius 1 is 1.24 bits per heavy atom. The highest BCUT2D eigenvalue weighted by molar-refractivity contribution is 5.77. The van der Waals surface area contributed by atoms with Gasteiger partial charge in [-0.2, -0.15) is 0 Å². The number of alkyl carbamates (subject to hydrolysis) is 1. The van der Waals surface area contributed by atoms with Gasteiger partial charge in [0.15, 0.2) is 0 Å². The van der Waals surface area contributed by atoms with Crippen molar-refractivity contribution >= 4 is 12.1 Å². The second-order valence-corrected chi connectivity index (χ2v) is 5.67. The van der Waals surface area contributed by atoms with Gasteiger partial charge in [0, 0.05) is 6.54 Å². The Morgan fingerprint density at radius 3 is 2.24 bits per heavy atom. The molecule has 6 heteroatoms. The average molecular weight is 295 g/mol. The predicted octanol–water partition coefficient (Wildman–Crippen LogP) is 1.87. The van der Waals surface area contributed by atoms with Gasteiger partial charge in [-0.3, -0.25) is 4.79 Å². The predicted molar refractivity (Wildman–Crippen MR) is 77.0 cm³/mol. The summed E-state index contributed by atoms with van der Waals surface area (Å²) in [5.74, 6) is -1.91. The smallest absolute Gasteiger partial charge is 0.407 e. The van der Waals surface area contributed by atoms with Crippen LogP contribution in [0.1, 0.15) is 37.8 Å². The number of carbonyl (C=O) groups excluding carboxylic acids is 1. The summed E-state index contributed by atoms with van der Waals surface area (Å²) in [5, 5.41) is 20.7. The summed E-state index contributed by atoms with van der Waals surface area (Å²) in [6, 6.07) is 6.56. The van der Waals surface area contributed by atoms with Crippen LogP contribution in [0.25, 0.3) is 0 Å². The molecule has 0 aliphatic heterocycles. The summed E-state index contributed by atoms with van der Waals surface area (Å²) in [5.41, 5.74) is 0.615. The fourth-order valence-electron chi connectivity index (χ4n) is 1.70. The van der Waals surface area contributed by atoms with E-state index in [2.05, 4.69) is 5.32 Å². The third-order valence-electron chi connectivity index (χ3n) is 2.71. The summed E-state index contributed by atoms with van der Waals surface area (Å²) >= 11 is 0. The van der Waals surface area contributed by atoms with Gasteiger partial charge in [0.1, 0.15) is 5.60 Å². The number of hydrogen-bond acceptors (Lipinski definition) is 4. The third-order valence-corrected chi connectivity index (χ3v) is 2.71. The van der Waals surface area contributed by atoms with Crippen molar-refractivity contribution in [2.24, 2.45) is 0 Å². The van der Waals surface area contributed by atoms with Gasteiger partial charge in [0.05, 0.1) is 12.5 Å². The van der Waals surface area contributed by atoms with Crippen molar-refractivity contribution in [1.29, 1.82) is 0 Å². The molecule has 1 aromatic carbocycles. The number of carbonyl (C=O) groups is 2. The minimum atomic E-state index is -1.04. The van der Waals surface area contributed by atoms with Crippen LogP contribution in [0, 0.1) is 0 Å². The SMILES string of the molecule is CC(C)(C)OC(=O)NCC(C(=O)O)c1ccc(CO)cc1. The van der Waals surface area contributed by atoms with E-state index in [4.69, 9.17) is 9.84 Å². The van der Waals surface area contributed by atoms with Gasteiger partial charge in [-0.1, -0.05) is 24.3 Å². The van der Waals surface area contributed by atoms with Crippen molar-refractivity contribution < 1.29 is 24.5 Å². The third kappa shape index (κ3) is 5.83. The van der Waals surface area contributed by atoms with Gasteiger partial charge in [-0.05, 0) is 31.9 Å². The monoisotopic (exact) mass is 295 g/mol. The van der Waals surface area contributed by atoms with E-state index < -0.39 is 23.6 Å². The molecule has 0 aliphatic rings. The molecule has 0 heterocycles. The zero-order chi connectivity index (χ0) is 16.0. The Hall–Kier alpha value is -2.08. The first kappa shape index (κ1) is 17.0. The first-order valence-corrected chi connectivity index (χ1v) is 6.62. The van der Waals surface area contributed by atoms with E-state index in [1.165, 1.54) is 0 Å². The van der Waals surface area contributed by atoms with E-state index in [9.17, 15) is 14.7 Å². The lowest BCUT2D eigenvalue weighted by molar-refractivity contribution is -0.138. The highest BCUT2D eigenvalue weighted by atomic mass is 16.6. The number of hydrogen-bond donors (Lipinski definition) is 3. The van der Waals surface area contributed by atoms with Crippen molar-refractivity contribution in [3.05, 3.63) is 35.4 Å². The molecule has 0 saturated carbocycles. The van der Waals surface area contributed by atoms with Gasteiger partial charge in [0.25, 0.3) is 0 Å². The molecule has 0 bridgehead atoms. The number of amides is 1. The second-order valence-electron chi connectivity index (χ2n) is 5.67. The molecule has 6 nitrogen and oxygen atoms in total. The summed E-state index contributed by atoms with van der Waals surface area (Å²) in [4.78, 5) is 22.9. The molecular formula is C15H21NO5. The fraction of sp³-hybridized carbons (Fsp3) is 0.467. The van der Waals surface area contributed by atoms with Crippen LogP contribution in [0.4, 0.5) is 4.79 Å². The Labute approximate surface area is 123 Å². The number of ether oxygens (including phenoxy) is 1. The molecule has 0 saturated heterocycles. The molecule has 1 rings (SSSR count). The maximum atomic E-state index is 11.6. The molecule has 3 N–H and O–H groups in total. The quantitative estimate of drug-likeness (QED) is 0.770. The van der Waals surface area contributed by atoms with E-state index in [0.717, 1.165) is 0 Å². The standard InChI is InChI=1S/C15H21NO5/c1-15(2,3)21-14(20)16-8-12(13(18)19)11-6-4-10(9-17)5-7-11/h4-7,12,17H,8-9H2,1-3H3,(H,16,20)(H,18,19). The molecule has 0 fully saturated rings. The van der Waals surface area contributed by atoms with Crippen molar-refractivity contribution in [2.45, 2.75) is 38.9 Å². The Bertz CT molecular complexity index is 490. The largest absolute Gasteiger partial charge is 0.481 e. The lowest BCUT2D eigenvalue weighted by Gasteiger charge is -2.21. The summed E-state index contributed by atoms with van der Waals surface area (Å²) in [7, 11) is 0. The number of carboxylic acid groups (broad SMARTS) is 1. The van der Waals surface area contributed by atoms with Gasteiger partial charge < -0.3 is 20.3 Å². The van der Waals surface area contributed by atoms with Crippen LogP contribution in [-0.4, -0.2) is 34.4 Å². The molecule has 1 unspecified atom stereocenters. The van der Waals surface area contributed by atoms with Gasteiger partial charge in [-0.25, -0.2) is 4.79 Å². The molecule has 1 aromatic rings. The van der Waals surface area contributed by atoms with Crippen molar-refractivity contribution in [3.8, 4) is 0 Å². The number of benzene rings is 1. The molecule has 0 aromatic heterocycles.